The number of carbonyl (C=O) groups is 2. The summed E-state index contributed by atoms with van der Waals surface area (Å²) in [4.78, 5) is 27.6. The van der Waals surface area contributed by atoms with Crippen LogP contribution in [0, 0.1) is 11.8 Å². The Morgan fingerprint density at radius 2 is 1.92 bits per heavy atom. The minimum atomic E-state index is -2.85. The predicted octanol–water partition coefficient (Wildman–Crippen LogP) is 2.45. The van der Waals surface area contributed by atoms with Crippen molar-refractivity contribution >= 4 is 17.9 Å². The molecule has 0 radical (unpaired) electrons. The summed E-state index contributed by atoms with van der Waals surface area (Å²) in [6, 6.07) is -1.06. The minimum absolute atomic E-state index is 0.0376. The maximum atomic E-state index is 13.5. The molecule has 0 heterocycles. The van der Waals surface area contributed by atoms with Crippen molar-refractivity contribution < 1.29 is 27.2 Å². The number of aliphatic imine (C=N–C) groups is 1. The molecule has 2 rings (SSSR count). The number of nitrogens with two attached hydrogens (primary N) is 1. The molecule has 1 amide bonds. The third-order valence-electron chi connectivity index (χ3n) is 4.81. The van der Waals surface area contributed by atoms with E-state index in [-0.39, 0.29) is 43.9 Å². The molecule has 0 spiro atoms. The van der Waals surface area contributed by atoms with E-state index in [0.29, 0.717) is 12.7 Å². The van der Waals surface area contributed by atoms with Crippen molar-refractivity contribution in [3.05, 3.63) is 12.3 Å². The number of rotatable bonds is 7. The normalized spacial score (nSPS) is 26.9. The first-order valence-corrected chi connectivity index (χ1v) is 8.60. The van der Waals surface area contributed by atoms with Gasteiger partial charge < -0.3 is 15.8 Å². The van der Waals surface area contributed by atoms with Gasteiger partial charge in [-0.25, -0.2) is 17.6 Å². The van der Waals surface area contributed by atoms with E-state index in [1.54, 1.807) is 0 Å². The van der Waals surface area contributed by atoms with E-state index in [4.69, 9.17) is 5.73 Å². The molecule has 0 saturated heterocycles. The zero-order valence-corrected chi connectivity index (χ0v) is 14.3. The molecule has 2 saturated carbocycles. The van der Waals surface area contributed by atoms with Gasteiger partial charge in [-0.15, -0.1) is 0 Å². The summed E-state index contributed by atoms with van der Waals surface area (Å²) in [6.45, 7) is 0.0376. The molecule has 0 bridgehead atoms. The lowest BCUT2D eigenvalue weighted by molar-refractivity contribution is -0.122. The SMILES string of the molecule is N/C=C\C(=NCC1CC(F)(F)C1)C(=O)NC(C=O)C1CCCC(F)(F)C1. The summed E-state index contributed by atoms with van der Waals surface area (Å²) >= 11 is 0. The summed E-state index contributed by atoms with van der Waals surface area (Å²) in [5.41, 5.74) is 5.16. The average Bonchev–Trinajstić information content (AvgIpc) is 2.53. The molecular weight excluding hydrogens is 354 g/mol. The molecule has 0 aromatic carbocycles. The Hall–Kier alpha value is -1.93. The van der Waals surface area contributed by atoms with Crippen LogP contribution in [0.4, 0.5) is 17.6 Å². The fourth-order valence-corrected chi connectivity index (χ4v) is 3.44. The lowest BCUT2D eigenvalue weighted by Crippen LogP contribution is -2.47. The molecule has 5 nitrogen and oxygen atoms in total. The number of aldehydes is 1. The third-order valence-corrected chi connectivity index (χ3v) is 4.81. The maximum absolute atomic E-state index is 13.5. The number of nitrogens with one attached hydrogen (secondary N) is 1. The number of carbonyl (C=O) groups excluding carboxylic acids is 2. The lowest BCUT2D eigenvalue weighted by Gasteiger charge is -2.34. The number of halogens is 4. The molecule has 146 valence electrons. The highest BCUT2D eigenvalue weighted by Gasteiger charge is 2.45. The smallest absolute Gasteiger partial charge is 0.270 e. The van der Waals surface area contributed by atoms with Gasteiger partial charge in [-0.1, -0.05) is 0 Å². The standard InChI is InChI=1S/C17H23F4N3O2/c18-16(19)4-1-2-12(8-16)14(10-25)24-15(26)13(3-5-22)23-9-11-6-17(20,21)7-11/h3,5,10-12,14H,1-2,4,6-9,22H2,(H,24,26)/b5-3-,23-13?. The highest BCUT2D eigenvalue weighted by Crippen LogP contribution is 2.42. The van der Waals surface area contributed by atoms with Crippen molar-refractivity contribution in [1.82, 2.24) is 5.32 Å². The van der Waals surface area contributed by atoms with Gasteiger partial charge in [0.25, 0.3) is 5.91 Å². The van der Waals surface area contributed by atoms with Crippen molar-refractivity contribution in [3.8, 4) is 0 Å². The van der Waals surface area contributed by atoms with Crippen LogP contribution >= 0.6 is 0 Å². The summed E-state index contributed by atoms with van der Waals surface area (Å²) in [7, 11) is 0. The van der Waals surface area contributed by atoms with Crippen molar-refractivity contribution in [1.29, 1.82) is 0 Å². The summed E-state index contributed by atoms with van der Waals surface area (Å²) in [6.07, 6.45) is 2.14. The van der Waals surface area contributed by atoms with E-state index in [0.717, 1.165) is 6.20 Å². The number of hydrogen-bond donors (Lipinski definition) is 2. The first-order valence-electron chi connectivity index (χ1n) is 8.60. The van der Waals surface area contributed by atoms with E-state index in [2.05, 4.69) is 10.3 Å². The molecule has 2 atom stereocenters. The Labute approximate surface area is 149 Å². The van der Waals surface area contributed by atoms with Gasteiger partial charge in [-0.05, 0) is 37.0 Å². The van der Waals surface area contributed by atoms with Gasteiger partial charge in [-0.3, -0.25) is 9.79 Å². The van der Waals surface area contributed by atoms with Crippen LogP contribution in [0.15, 0.2) is 17.3 Å². The zero-order chi connectivity index (χ0) is 19.4. The highest BCUT2D eigenvalue weighted by molar-refractivity contribution is 6.43. The van der Waals surface area contributed by atoms with Crippen molar-refractivity contribution in [3.63, 3.8) is 0 Å². The Kier molecular flexibility index (Phi) is 6.41. The molecule has 2 fully saturated rings. The Balaban J connectivity index is 1.97. The van der Waals surface area contributed by atoms with Crippen LogP contribution in [-0.2, 0) is 9.59 Å². The molecule has 2 aliphatic rings. The number of nitrogens with zero attached hydrogens (tertiary/aromatic N) is 1. The van der Waals surface area contributed by atoms with Crippen LogP contribution in [0.2, 0.25) is 0 Å². The summed E-state index contributed by atoms with van der Waals surface area (Å²) in [5.74, 6) is -7.24. The van der Waals surface area contributed by atoms with E-state index in [9.17, 15) is 27.2 Å². The second kappa shape index (κ2) is 8.18. The Bertz CT molecular complexity index is 585. The van der Waals surface area contributed by atoms with Crippen molar-refractivity contribution in [2.75, 3.05) is 6.54 Å². The minimum Gasteiger partial charge on any atom is -0.405 e. The Morgan fingerprint density at radius 1 is 1.23 bits per heavy atom. The van der Waals surface area contributed by atoms with E-state index in [1.165, 1.54) is 6.08 Å². The van der Waals surface area contributed by atoms with E-state index in [1.807, 2.05) is 0 Å². The van der Waals surface area contributed by atoms with Crippen molar-refractivity contribution in [2.24, 2.45) is 22.6 Å². The van der Waals surface area contributed by atoms with Crippen LogP contribution in [0.5, 0.6) is 0 Å². The Morgan fingerprint density at radius 3 is 2.46 bits per heavy atom. The first-order chi connectivity index (χ1) is 12.2. The second-order valence-corrected chi connectivity index (χ2v) is 7.06. The summed E-state index contributed by atoms with van der Waals surface area (Å²) < 4.78 is 52.8. The number of amides is 1. The quantitative estimate of drug-likeness (QED) is 0.406. The van der Waals surface area contributed by atoms with Crippen LogP contribution in [-0.4, -0.2) is 42.3 Å². The molecule has 3 N–H and O–H groups in total. The third kappa shape index (κ3) is 5.54. The maximum Gasteiger partial charge on any atom is 0.270 e. The van der Waals surface area contributed by atoms with Crippen LogP contribution in [0.3, 0.4) is 0 Å². The fourth-order valence-electron chi connectivity index (χ4n) is 3.44. The van der Waals surface area contributed by atoms with Gasteiger partial charge in [0.15, 0.2) is 0 Å². The first kappa shape index (κ1) is 20.4. The van der Waals surface area contributed by atoms with Crippen LogP contribution in [0.1, 0.15) is 38.5 Å². The topological polar surface area (TPSA) is 84.5 Å². The predicted molar refractivity (Wildman–Crippen MR) is 88.2 cm³/mol. The van der Waals surface area contributed by atoms with Gasteiger partial charge >= 0.3 is 0 Å². The van der Waals surface area contributed by atoms with Gasteiger partial charge in [0.1, 0.15) is 12.0 Å². The monoisotopic (exact) mass is 377 g/mol. The lowest BCUT2D eigenvalue weighted by atomic mass is 9.81. The molecule has 26 heavy (non-hydrogen) atoms. The number of alkyl halides is 4. The molecular formula is C17H23F4N3O2. The van der Waals surface area contributed by atoms with E-state index < -0.39 is 36.1 Å². The van der Waals surface area contributed by atoms with Crippen LogP contribution in [0.25, 0.3) is 0 Å². The molecule has 2 aliphatic carbocycles. The highest BCUT2D eigenvalue weighted by atomic mass is 19.3. The summed E-state index contributed by atoms with van der Waals surface area (Å²) in [5, 5.41) is 2.41. The largest absolute Gasteiger partial charge is 0.405 e. The van der Waals surface area contributed by atoms with Gasteiger partial charge in [0.2, 0.25) is 11.8 Å². The average molecular weight is 377 g/mol. The molecule has 0 aromatic heterocycles. The van der Waals surface area contributed by atoms with Gasteiger partial charge in [0, 0.05) is 32.2 Å². The molecule has 0 aromatic rings. The van der Waals surface area contributed by atoms with Gasteiger partial charge in [-0.2, -0.15) is 0 Å². The number of hydrogen-bond acceptors (Lipinski definition) is 4. The van der Waals surface area contributed by atoms with E-state index >= 15 is 0 Å². The molecule has 0 aliphatic heterocycles. The molecule has 9 heteroatoms. The van der Waals surface area contributed by atoms with Gasteiger partial charge in [0.05, 0.1) is 6.04 Å². The van der Waals surface area contributed by atoms with Crippen LogP contribution < -0.4 is 11.1 Å². The fraction of sp³-hybridized carbons (Fsp3) is 0.706. The zero-order valence-electron chi connectivity index (χ0n) is 14.3. The molecule has 2 unspecified atom stereocenters. The second-order valence-electron chi connectivity index (χ2n) is 7.06. The van der Waals surface area contributed by atoms with Crippen molar-refractivity contribution in [2.45, 2.75) is 56.4 Å².